The summed E-state index contributed by atoms with van der Waals surface area (Å²) in [4.78, 5) is 14.0. The molecule has 2 aromatic carbocycles. The second kappa shape index (κ2) is 5.87. The molecule has 21 heavy (non-hydrogen) atoms. The SMILES string of the molecule is CC(C)(C)OC(=O)N(c1ccccc1)c1ccc(O)cc1. The highest BCUT2D eigenvalue weighted by atomic mass is 16.6. The molecule has 2 aromatic rings. The average Bonchev–Trinajstić information content (AvgIpc) is 2.40. The first-order valence-electron chi connectivity index (χ1n) is 6.74. The fourth-order valence-corrected chi connectivity index (χ4v) is 1.85. The van der Waals surface area contributed by atoms with Crippen molar-refractivity contribution in [1.82, 2.24) is 0 Å². The van der Waals surface area contributed by atoms with Crippen LogP contribution in [0, 0.1) is 0 Å². The highest BCUT2D eigenvalue weighted by molar-refractivity contribution is 5.96. The molecule has 0 spiro atoms. The van der Waals surface area contributed by atoms with E-state index in [0.29, 0.717) is 11.4 Å². The highest BCUT2D eigenvalue weighted by Crippen LogP contribution is 2.28. The lowest BCUT2D eigenvalue weighted by molar-refractivity contribution is 0.0599. The summed E-state index contributed by atoms with van der Waals surface area (Å²) in [7, 11) is 0. The van der Waals surface area contributed by atoms with Crippen molar-refractivity contribution in [3.05, 3.63) is 54.6 Å². The van der Waals surface area contributed by atoms with Crippen LogP contribution in [-0.4, -0.2) is 16.8 Å². The number of anilines is 2. The number of nitrogens with zero attached hydrogens (tertiary/aromatic N) is 1. The van der Waals surface area contributed by atoms with Gasteiger partial charge in [0, 0.05) is 0 Å². The number of hydrogen-bond donors (Lipinski definition) is 1. The molecule has 0 aliphatic carbocycles. The third-order valence-electron chi connectivity index (χ3n) is 2.70. The molecule has 4 nitrogen and oxygen atoms in total. The van der Waals surface area contributed by atoms with Gasteiger partial charge in [0.25, 0.3) is 0 Å². The van der Waals surface area contributed by atoms with Crippen LogP contribution < -0.4 is 4.90 Å². The van der Waals surface area contributed by atoms with E-state index in [2.05, 4.69) is 0 Å². The van der Waals surface area contributed by atoms with Crippen molar-refractivity contribution in [2.45, 2.75) is 26.4 Å². The van der Waals surface area contributed by atoms with Crippen molar-refractivity contribution in [3.8, 4) is 5.75 Å². The topological polar surface area (TPSA) is 49.8 Å². The van der Waals surface area contributed by atoms with Gasteiger partial charge in [-0.15, -0.1) is 0 Å². The molecular weight excluding hydrogens is 266 g/mol. The van der Waals surface area contributed by atoms with Gasteiger partial charge in [0.1, 0.15) is 11.4 Å². The molecular formula is C17H19NO3. The first kappa shape index (κ1) is 14.9. The third-order valence-corrected chi connectivity index (χ3v) is 2.70. The summed E-state index contributed by atoms with van der Waals surface area (Å²) < 4.78 is 5.46. The molecule has 0 saturated heterocycles. The van der Waals surface area contributed by atoms with E-state index in [1.807, 2.05) is 51.1 Å². The van der Waals surface area contributed by atoms with Crippen LogP contribution >= 0.6 is 0 Å². The van der Waals surface area contributed by atoms with Crippen molar-refractivity contribution < 1.29 is 14.6 Å². The second-order valence-electron chi connectivity index (χ2n) is 5.67. The lowest BCUT2D eigenvalue weighted by atomic mass is 10.2. The fraction of sp³-hybridized carbons (Fsp3) is 0.235. The van der Waals surface area contributed by atoms with Crippen LogP contribution in [0.5, 0.6) is 5.75 Å². The number of ether oxygens (including phenoxy) is 1. The van der Waals surface area contributed by atoms with E-state index in [0.717, 1.165) is 0 Å². The number of hydrogen-bond acceptors (Lipinski definition) is 3. The first-order valence-corrected chi connectivity index (χ1v) is 6.74. The quantitative estimate of drug-likeness (QED) is 0.886. The number of carbonyl (C=O) groups excluding carboxylic acids is 1. The summed E-state index contributed by atoms with van der Waals surface area (Å²) in [6.07, 6.45) is -0.459. The Morgan fingerprint density at radius 2 is 1.48 bits per heavy atom. The Hall–Kier alpha value is -2.49. The van der Waals surface area contributed by atoms with Crippen LogP contribution in [0.4, 0.5) is 16.2 Å². The van der Waals surface area contributed by atoms with E-state index < -0.39 is 11.7 Å². The maximum absolute atomic E-state index is 12.5. The minimum absolute atomic E-state index is 0.149. The first-order chi connectivity index (χ1) is 9.87. The zero-order valence-corrected chi connectivity index (χ0v) is 12.4. The van der Waals surface area contributed by atoms with Crippen LogP contribution in [0.15, 0.2) is 54.6 Å². The Morgan fingerprint density at radius 3 is 2.00 bits per heavy atom. The van der Waals surface area contributed by atoms with E-state index in [1.54, 1.807) is 12.1 Å². The van der Waals surface area contributed by atoms with Crippen molar-refractivity contribution >= 4 is 17.5 Å². The minimum atomic E-state index is -0.582. The van der Waals surface area contributed by atoms with Crippen molar-refractivity contribution in [2.75, 3.05) is 4.90 Å². The maximum atomic E-state index is 12.5. The fourth-order valence-electron chi connectivity index (χ4n) is 1.85. The molecule has 110 valence electrons. The number of phenols is 1. The normalized spacial score (nSPS) is 11.0. The Kier molecular flexibility index (Phi) is 4.17. The number of rotatable bonds is 2. The predicted molar refractivity (Wildman–Crippen MR) is 82.9 cm³/mol. The lowest BCUT2D eigenvalue weighted by Gasteiger charge is -2.27. The lowest BCUT2D eigenvalue weighted by Crippen LogP contribution is -2.33. The van der Waals surface area contributed by atoms with E-state index in [1.165, 1.54) is 17.0 Å². The Morgan fingerprint density at radius 1 is 0.952 bits per heavy atom. The van der Waals surface area contributed by atoms with Gasteiger partial charge in [-0.3, -0.25) is 0 Å². The minimum Gasteiger partial charge on any atom is -0.508 e. The smallest absolute Gasteiger partial charge is 0.419 e. The van der Waals surface area contributed by atoms with Gasteiger partial charge in [-0.25, -0.2) is 9.69 Å². The van der Waals surface area contributed by atoms with Crippen molar-refractivity contribution in [2.24, 2.45) is 0 Å². The van der Waals surface area contributed by atoms with E-state index in [-0.39, 0.29) is 5.75 Å². The van der Waals surface area contributed by atoms with Crippen molar-refractivity contribution in [3.63, 3.8) is 0 Å². The molecule has 0 bridgehead atoms. The zero-order chi connectivity index (χ0) is 15.5. The highest BCUT2D eigenvalue weighted by Gasteiger charge is 2.24. The molecule has 1 N–H and O–H groups in total. The van der Waals surface area contributed by atoms with Gasteiger partial charge in [-0.05, 0) is 57.2 Å². The van der Waals surface area contributed by atoms with Crippen LogP contribution in [0.1, 0.15) is 20.8 Å². The number of aromatic hydroxyl groups is 1. The van der Waals surface area contributed by atoms with E-state index >= 15 is 0 Å². The summed E-state index contributed by atoms with van der Waals surface area (Å²) in [5.74, 6) is 0.149. The van der Waals surface area contributed by atoms with Gasteiger partial charge in [-0.1, -0.05) is 18.2 Å². The molecule has 2 rings (SSSR count). The van der Waals surface area contributed by atoms with Crippen LogP contribution in [-0.2, 0) is 4.74 Å². The molecule has 1 amide bonds. The maximum Gasteiger partial charge on any atom is 0.419 e. The van der Waals surface area contributed by atoms with Gasteiger partial charge in [0.15, 0.2) is 0 Å². The monoisotopic (exact) mass is 285 g/mol. The summed E-state index contributed by atoms with van der Waals surface area (Å²) in [6.45, 7) is 5.47. The van der Waals surface area contributed by atoms with Gasteiger partial charge < -0.3 is 9.84 Å². The molecule has 0 radical (unpaired) electrons. The Labute approximate surface area is 124 Å². The third kappa shape index (κ3) is 3.99. The molecule has 0 fully saturated rings. The molecule has 0 aliphatic heterocycles. The Bertz CT molecular complexity index is 600. The summed E-state index contributed by atoms with van der Waals surface area (Å²) in [6, 6.07) is 15.7. The van der Waals surface area contributed by atoms with Crippen LogP contribution in [0.3, 0.4) is 0 Å². The largest absolute Gasteiger partial charge is 0.508 e. The molecule has 0 unspecified atom stereocenters. The number of amides is 1. The summed E-state index contributed by atoms with van der Waals surface area (Å²) in [5.41, 5.74) is 0.756. The van der Waals surface area contributed by atoms with Crippen molar-refractivity contribution in [1.29, 1.82) is 0 Å². The molecule has 4 heteroatoms. The summed E-state index contributed by atoms with van der Waals surface area (Å²) in [5, 5.41) is 9.40. The number of para-hydroxylation sites is 1. The van der Waals surface area contributed by atoms with E-state index in [9.17, 15) is 9.90 Å². The van der Waals surface area contributed by atoms with Crippen LogP contribution in [0.25, 0.3) is 0 Å². The number of carbonyl (C=O) groups is 1. The van der Waals surface area contributed by atoms with Gasteiger partial charge in [-0.2, -0.15) is 0 Å². The molecule has 0 atom stereocenters. The van der Waals surface area contributed by atoms with E-state index in [4.69, 9.17) is 4.74 Å². The van der Waals surface area contributed by atoms with Crippen LogP contribution in [0.2, 0.25) is 0 Å². The predicted octanol–water partition coefficient (Wildman–Crippen LogP) is 4.47. The number of benzene rings is 2. The molecule has 0 heterocycles. The van der Waals surface area contributed by atoms with Gasteiger partial charge in [0.05, 0.1) is 11.4 Å². The number of phenolic OH excluding ortho intramolecular Hbond substituents is 1. The average molecular weight is 285 g/mol. The molecule has 0 saturated carbocycles. The zero-order valence-electron chi connectivity index (χ0n) is 12.4. The molecule has 0 aliphatic rings. The Balaban J connectivity index is 2.40. The second-order valence-corrected chi connectivity index (χ2v) is 5.67. The van der Waals surface area contributed by atoms with Gasteiger partial charge in [0.2, 0.25) is 0 Å². The standard InChI is InChI=1S/C17H19NO3/c1-17(2,3)21-16(20)18(13-7-5-4-6-8-13)14-9-11-15(19)12-10-14/h4-12,19H,1-3H3. The molecule has 0 aromatic heterocycles. The summed E-state index contributed by atoms with van der Waals surface area (Å²) >= 11 is 0. The van der Waals surface area contributed by atoms with Gasteiger partial charge >= 0.3 is 6.09 Å².